The van der Waals surface area contributed by atoms with Gasteiger partial charge in [-0.25, -0.2) is 0 Å². The van der Waals surface area contributed by atoms with Crippen LogP contribution in [0.3, 0.4) is 0 Å². The highest BCUT2D eigenvalue weighted by Gasteiger charge is 2.43. The quantitative estimate of drug-likeness (QED) is 0.599. The van der Waals surface area contributed by atoms with Gasteiger partial charge in [-0.15, -0.1) is 0 Å². The number of nitrogens with two attached hydrogens (primary N) is 1. The minimum absolute atomic E-state index is 0.192. The number of rotatable bonds is 10. The van der Waals surface area contributed by atoms with Crippen molar-refractivity contribution in [2.24, 2.45) is 5.73 Å². The van der Waals surface area contributed by atoms with Crippen LogP contribution in [-0.2, 0) is 9.53 Å². The van der Waals surface area contributed by atoms with Gasteiger partial charge in [-0.2, -0.15) is 0 Å². The fourth-order valence-corrected chi connectivity index (χ4v) is 2.91. The van der Waals surface area contributed by atoms with Crippen molar-refractivity contribution in [3.63, 3.8) is 0 Å². The summed E-state index contributed by atoms with van der Waals surface area (Å²) in [5.74, 6) is -0.233. The minimum atomic E-state index is -0.526. The van der Waals surface area contributed by atoms with E-state index in [1.165, 1.54) is 25.7 Å². The second-order valence-electron chi connectivity index (χ2n) is 5.63. The smallest absolute Gasteiger partial charge is 0.237 e. The van der Waals surface area contributed by atoms with E-state index in [2.05, 4.69) is 12.2 Å². The maximum atomic E-state index is 11.6. The van der Waals surface area contributed by atoms with Crippen molar-refractivity contribution in [2.45, 2.75) is 76.9 Å². The molecule has 0 aliphatic heterocycles. The molecule has 4 heteroatoms. The van der Waals surface area contributed by atoms with Crippen molar-refractivity contribution in [3.05, 3.63) is 0 Å². The fraction of sp³-hybridized carbons (Fsp3) is 0.933. The first-order valence-electron chi connectivity index (χ1n) is 7.81. The Labute approximate surface area is 117 Å². The number of carbonyl (C=O) groups excluding carboxylic acids is 1. The summed E-state index contributed by atoms with van der Waals surface area (Å²) in [5.41, 5.74) is 5.01. The van der Waals surface area contributed by atoms with Crippen LogP contribution in [0.15, 0.2) is 0 Å². The van der Waals surface area contributed by atoms with Crippen molar-refractivity contribution >= 4 is 5.91 Å². The maximum Gasteiger partial charge on any atom is 0.237 e. The van der Waals surface area contributed by atoms with Gasteiger partial charge in [0, 0.05) is 13.0 Å². The van der Waals surface area contributed by atoms with E-state index < -0.39 is 5.54 Å². The predicted molar refractivity (Wildman–Crippen MR) is 78.0 cm³/mol. The normalized spacial score (nSPS) is 26.7. The average molecular weight is 270 g/mol. The lowest BCUT2D eigenvalue weighted by molar-refractivity contribution is -0.124. The zero-order chi connectivity index (χ0) is 14.1. The van der Waals surface area contributed by atoms with Crippen molar-refractivity contribution < 1.29 is 9.53 Å². The molecule has 1 amide bonds. The molecule has 4 nitrogen and oxygen atoms in total. The van der Waals surface area contributed by atoms with Crippen LogP contribution in [0.2, 0.25) is 0 Å². The largest absolute Gasteiger partial charge is 0.378 e. The van der Waals surface area contributed by atoms with Crippen LogP contribution in [0.25, 0.3) is 0 Å². The number of unbranched alkanes of at least 4 members (excludes halogenated alkanes) is 4. The number of nitrogens with one attached hydrogen (secondary N) is 1. The number of hydrogen-bond acceptors (Lipinski definition) is 3. The Hall–Kier alpha value is -0.610. The topological polar surface area (TPSA) is 64.3 Å². The van der Waals surface area contributed by atoms with Gasteiger partial charge in [-0.1, -0.05) is 39.5 Å². The second-order valence-corrected chi connectivity index (χ2v) is 5.63. The maximum absolute atomic E-state index is 11.6. The molecule has 3 N–H and O–H groups in total. The average Bonchev–Trinajstić information content (AvgIpc) is 2.79. The first kappa shape index (κ1) is 16.4. The molecule has 19 heavy (non-hydrogen) atoms. The molecule has 2 atom stereocenters. The lowest BCUT2D eigenvalue weighted by atomic mass is 9.96. The van der Waals surface area contributed by atoms with Gasteiger partial charge >= 0.3 is 0 Å². The third-order valence-electron chi connectivity index (χ3n) is 4.06. The van der Waals surface area contributed by atoms with E-state index in [9.17, 15) is 4.79 Å². The van der Waals surface area contributed by atoms with Gasteiger partial charge in [0.1, 0.15) is 5.54 Å². The number of amides is 1. The van der Waals surface area contributed by atoms with Crippen LogP contribution < -0.4 is 11.1 Å². The van der Waals surface area contributed by atoms with Crippen molar-refractivity contribution in [1.82, 2.24) is 5.32 Å². The SMILES string of the molecule is CCCCCCCOC1CCC(NCC)(C(N)=O)C1. The number of likely N-dealkylation sites (N-methyl/N-ethyl adjacent to an activating group) is 1. The molecule has 1 aliphatic rings. The lowest BCUT2D eigenvalue weighted by Gasteiger charge is -2.26. The monoisotopic (exact) mass is 270 g/mol. The zero-order valence-corrected chi connectivity index (χ0v) is 12.5. The molecule has 0 aromatic carbocycles. The molecule has 0 bridgehead atoms. The highest BCUT2D eigenvalue weighted by Crippen LogP contribution is 2.31. The Kier molecular flexibility index (Phi) is 7.39. The number of ether oxygens (including phenoxy) is 1. The Morgan fingerprint density at radius 1 is 1.32 bits per heavy atom. The van der Waals surface area contributed by atoms with Crippen molar-refractivity contribution in [1.29, 1.82) is 0 Å². The lowest BCUT2D eigenvalue weighted by Crippen LogP contribution is -2.53. The van der Waals surface area contributed by atoms with Crippen molar-refractivity contribution in [2.75, 3.05) is 13.2 Å². The summed E-state index contributed by atoms with van der Waals surface area (Å²) in [6, 6.07) is 0. The fourth-order valence-electron chi connectivity index (χ4n) is 2.91. The molecule has 0 aromatic rings. The Morgan fingerprint density at radius 2 is 2.05 bits per heavy atom. The van der Waals surface area contributed by atoms with Crippen molar-refractivity contribution in [3.8, 4) is 0 Å². The van der Waals surface area contributed by atoms with Crippen LogP contribution in [0.1, 0.15) is 65.2 Å². The van der Waals surface area contributed by atoms with E-state index in [1.54, 1.807) is 0 Å². The van der Waals surface area contributed by atoms with E-state index in [0.29, 0.717) is 0 Å². The molecule has 1 aliphatic carbocycles. The Balaban J connectivity index is 2.21. The summed E-state index contributed by atoms with van der Waals surface area (Å²) in [6.45, 7) is 5.81. The third kappa shape index (κ3) is 5.11. The van der Waals surface area contributed by atoms with Gasteiger partial charge in [0.15, 0.2) is 0 Å². The summed E-state index contributed by atoms with van der Waals surface area (Å²) in [4.78, 5) is 11.6. The predicted octanol–water partition coefficient (Wildman–Crippen LogP) is 2.36. The van der Waals surface area contributed by atoms with Crippen LogP contribution >= 0.6 is 0 Å². The minimum Gasteiger partial charge on any atom is -0.378 e. The van der Waals surface area contributed by atoms with Crippen LogP contribution in [0, 0.1) is 0 Å². The van der Waals surface area contributed by atoms with Gasteiger partial charge in [0.05, 0.1) is 6.10 Å². The zero-order valence-electron chi connectivity index (χ0n) is 12.5. The molecule has 0 saturated heterocycles. The summed E-state index contributed by atoms with van der Waals surface area (Å²) in [7, 11) is 0. The van der Waals surface area contributed by atoms with Gasteiger partial charge < -0.3 is 15.8 Å². The van der Waals surface area contributed by atoms with E-state index in [4.69, 9.17) is 10.5 Å². The third-order valence-corrected chi connectivity index (χ3v) is 4.06. The standard InChI is InChI=1S/C15H30N2O2/c1-3-5-6-7-8-11-19-13-9-10-15(12-13,14(16)18)17-4-2/h13,17H,3-12H2,1-2H3,(H2,16,18). The van der Waals surface area contributed by atoms with E-state index in [1.807, 2.05) is 6.92 Å². The Bertz CT molecular complexity index is 271. The highest BCUT2D eigenvalue weighted by molar-refractivity contribution is 5.85. The summed E-state index contributed by atoms with van der Waals surface area (Å²) in [6.07, 6.45) is 8.91. The van der Waals surface area contributed by atoms with Crippen LogP contribution in [0.4, 0.5) is 0 Å². The molecule has 1 rings (SSSR count). The molecule has 0 radical (unpaired) electrons. The Morgan fingerprint density at radius 3 is 2.68 bits per heavy atom. The van der Waals surface area contributed by atoms with Crippen LogP contribution in [0.5, 0.6) is 0 Å². The van der Waals surface area contributed by atoms with E-state index in [-0.39, 0.29) is 12.0 Å². The summed E-state index contributed by atoms with van der Waals surface area (Å²) >= 11 is 0. The number of carbonyl (C=O) groups is 1. The van der Waals surface area contributed by atoms with Gasteiger partial charge in [0.25, 0.3) is 0 Å². The van der Waals surface area contributed by atoms with Crippen LogP contribution in [-0.4, -0.2) is 30.7 Å². The second kappa shape index (κ2) is 8.54. The molecule has 1 fully saturated rings. The number of primary amides is 1. The highest BCUT2D eigenvalue weighted by atomic mass is 16.5. The molecule has 0 heterocycles. The van der Waals surface area contributed by atoms with Gasteiger partial charge in [-0.3, -0.25) is 4.79 Å². The molecule has 1 saturated carbocycles. The molecule has 2 unspecified atom stereocenters. The first-order chi connectivity index (χ1) is 9.14. The molecular formula is C15H30N2O2. The molecule has 112 valence electrons. The molecular weight excluding hydrogens is 240 g/mol. The molecule has 0 spiro atoms. The number of hydrogen-bond donors (Lipinski definition) is 2. The summed E-state index contributed by atoms with van der Waals surface area (Å²) in [5, 5.41) is 3.25. The summed E-state index contributed by atoms with van der Waals surface area (Å²) < 4.78 is 5.89. The molecule has 0 aromatic heterocycles. The van der Waals surface area contributed by atoms with Gasteiger partial charge in [-0.05, 0) is 25.8 Å². The van der Waals surface area contributed by atoms with E-state index >= 15 is 0 Å². The first-order valence-corrected chi connectivity index (χ1v) is 7.81. The van der Waals surface area contributed by atoms with Gasteiger partial charge in [0.2, 0.25) is 5.91 Å². The van der Waals surface area contributed by atoms with E-state index in [0.717, 1.165) is 38.8 Å².